The first kappa shape index (κ1) is 12.6. The quantitative estimate of drug-likeness (QED) is 0.723. The van der Waals surface area contributed by atoms with Gasteiger partial charge in [0.2, 0.25) is 0 Å². The summed E-state index contributed by atoms with van der Waals surface area (Å²) >= 11 is 0. The van der Waals surface area contributed by atoms with E-state index in [0.717, 1.165) is 17.5 Å². The number of Topliss-reactive ketones (excluding diaryl/α,β-unsaturated/α-hetero) is 1. The van der Waals surface area contributed by atoms with Crippen molar-refractivity contribution in [2.75, 3.05) is 0 Å². The summed E-state index contributed by atoms with van der Waals surface area (Å²) in [5.74, 6) is 0.176. The fourth-order valence-electron chi connectivity index (χ4n) is 2.17. The molecule has 0 aliphatic rings. The Morgan fingerprint density at radius 2 is 1.61 bits per heavy atom. The Morgan fingerprint density at radius 1 is 1.00 bits per heavy atom. The highest BCUT2D eigenvalue weighted by atomic mass is 16.1. The summed E-state index contributed by atoms with van der Waals surface area (Å²) in [7, 11) is 0. The molecule has 0 unspecified atom stereocenters. The van der Waals surface area contributed by atoms with Gasteiger partial charge in [-0.05, 0) is 18.9 Å². The van der Waals surface area contributed by atoms with Crippen LogP contribution in [0, 0.1) is 6.92 Å². The molecule has 1 atom stereocenters. The Kier molecular flexibility index (Phi) is 3.93. The van der Waals surface area contributed by atoms with E-state index in [1.54, 1.807) is 0 Å². The molecule has 0 radical (unpaired) electrons. The fourth-order valence-corrected chi connectivity index (χ4v) is 2.17. The van der Waals surface area contributed by atoms with Crippen molar-refractivity contribution in [2.45, 2.75) is 26.2 Å². The number of carbonyl (C=O) groups is 1. The Morgan fingerprint density at radius 3 is 2.17 bits per heavy atom. The monoisotopic (exact) mass is 238 g/mol. The number of aryl methyl sites for hydroxylation is 1. The molecule has 0 amide bonds. The first-order valence-corrected chi connectivity index (χ1v) is 6.38. The topological polar surface area (TPSA) is 17.1 Å². The zero-order valence-corrected chi connectivity index (χ0v) is 10.9. The van der Waals surface area contributed by atoms with Crippen molar-refractivity contribution in [1.82, 2.24) is 0 Å². The molecule has 1 nitrogen and oxygen atoms in total. The lowest BCUT2D eigenvalue weighted by Gasteiger charge is -2.14. The number of ketones is 1. The summed E-state index contributed by atoms with van der Waals surface area (Å²) in [4.78, 5) is 12.5. The fraction of sp³-hybridized carbons (Fsp3) is 0.235. The number of hydrogen-bond acceptors (Lipinski definition) is 1. The molecule has 0 N–H and O–H groups in total. The Hall–Kier alpha value is -1.89. The van der Waals surface area contributed by atoms with Crippen LogP contribution in [0.5, 0.6) is 0 Å². The van der Waals surface area contributed by atoms with Crippen LogP contribution >= 0.6 is 0 Å². The molecule has 0 heterocycles. The van der Waals surface area contributed by atoms with Gasteiger partial charge in [-0.2, -0.15) is 0 Å². The third-order valence-corrected chi connectivity index (χ3v) is 3.26. The van der Waals surface area contributed by atoms with E-state index in [1.165, 1.54) is 5.56 Å². The highest BCUT2D eigenvalue weighted by molar-refractivity contribution is 6.00. The van der Waals surface area contributed by atoms with E-state index in [2.05, 4.69) is 38.1 Å². The molecule has 0 saturated carbocycles. The number of carbonyl (C=O) groups excluding carboxylic acids is 1. The first-order valence-electron chi connectivity index (χ1n) is 6.38. The van der Waals surface area contributed by atoms with Crippen molar-refractivity contribution >= 4 is 5.78 Å². The minimum absolute atomic E-state index is 0.0343. The van der Waals surface area contributed by atoms with Gasteiger partial charge in [-0.25, -0.2) is 0 Å². The molecule has 18 heavy (non-hydrogen) atoms. The van der Waals surface area contributed by atoms with E-state index in [0.29, 0.717) is 0 Å². The van der Waals surface area contributed by atoms with E-state index in [4.69, 9.17) is 0 Å². The van der Waals surface area contributed by atoms with Crippen molar-refractivity contribution < 1.29 is 4.79 Å². The highest BCUT2D eigenvalue weighted by Crippen LogP contribution is 2.24. The zero-order chi connectivity index (χ0) is 13.0. The lowest BCUT2D eigenvalue weighted by molar-refractivity contribution is 0.0957. The summed E-state index contributed by atoms with van der Waals surface area (Å²) in [6.07, 6.45) is 0.830. The Labute approximate surface area is 108 Å². The molecule has 0 spiro atoms. The maximum atomic E-state index is 12.5. The molecule has 2 aromatic carbocycles. The molecule has 0 aliphatic heterocycles. The van der Waals surface area contributed by atoms with Crippen molar-refractivity contribution in [3.8, 4) is 0 Å². The van der Waals surface area contributed by atoms with Crippen LogP contribution in [0.4, 0.5) is 0 Å². The summed E-state index contributed by atoms with van der Waals surface area (Å²) in [5.41, 5.74) is 3.13. The van der Waals surface area contributed by atoms with Crippen molar-refractivity contribution in [3.05, 3.63) is 71.3 Å². The predicted octanol–water partition coefficient (Wildman–Crippen LogP) is 4.37. The van der Waals surface area contributed by atoms with Gasteiger partial charge in [0.05, 0.1) is 0 Å². The lowest BCUT2D eigenvalue weighted by Crippen LogP contribution is -2.12. The third kappa shape index (κ3) is 2.67. The van der Waals surface area contributed by atoms with Crippen LogP contribution in [0.1, 0.15) is 40.7 Å². The van der Waals surface area contributed by atoms with Crippen molar-refractivity contribution in [1.29, 1.82) is 0 Å². The molecule has 0 saturated heterocycles. The number of hydrogen-bond donors (Lipinski definition) is 0. The summed E-state index contributed by atoms with van der Waals surface area (Å²) < 4.78 is 0. The highest BCUT2D eigenvalue weighted by Gasteiger charge is 2.19. The molecular weight excluding hydrogens is 220 g/mol. The minimum Gasteiger partial charge on any atom is -0.293 e. The minimum atomic E-state index is -0.0343. The summed E-state index contributed by atoms with van der Waals surface area (Å²) in [6, 6.07) is 17.8. The molecule has 92 valence electrons. The average Bonchev–Trinajstić information content (AvgIpc) is 2.42. The summed E-state index contributed by atoms with van der Waals surface area (Å²) in [6.45, 7) is 4.12. The van der Waals surface area contributed by atoms with Crippen LogP contribution in [0.15, 0.2) is 54.6 Å². The van der Waals surface area contributed by atoms with E-state index >= 15 is 0 Å². The van der Waals surface area contributed by atoms with Crippen LogP contribution < -0.4 is 0 Å². The molecule has 0 aliphatic carbocycles. The van der Waals surface area contributed by atoms with Gasteiger partial charge in [0, 0.05) is 11.5 Å². The van der Waals surface area contributed by atoms with Crippen molar-refractivity contribution in [3.63, 3.8) is 0 Å². The standard InChI is InChI=1S/C17H18O/c1-3-16(14-11-9-13(2)10-12-14)17(18)15-7-5-4-6-8-15/h4-12,16H,3H2,1-2H3/t16-/m0/s1. The Bertz CT molecular complexity index is 511. The largest absolute Gasteiger partial charge is 0.293 e. The maximum Gasteiger partial charge on any atom is 0.170 e. The van der Waals surface area contributed by atoms with E-state index in [1.807, 2.05) is 30.3 Å². The zero-order valence-electron chi connectivity index (χ0n) is 10.9. The average molecular weight is 238 g/mol. The third-order valence-electron chi connectivity index (χ3n) is 3.26. The van der Waals surface area contributed by atoms with Crippen LogP contribution in [-0.4, -0.2) is 5.78 Å². The van der Waals surface area contributed by atoms with Crippen LogP contribution in [0.25, 0.3) is 0 Å². The van der Waals surface area contributed by atoms with Crippen LogP contribution in [0.2, 0.25) is 0 Å². The summed E-state index contributed by atoms with van der Waals surface area (Å²) in [5, 5.41) is 0. The van der Waals surface area contributed by atoms with Crippen molar-refractivity contribution in [2.24, 2.45) is 0 Å². The molecule has 0 bridgehead atoms. The maximum absolute atomic E-state index is 12.5. The van der Waals surface area contributed by atoms with Gasteiger partial charge in [0.1, 0.15) is 0 Å². The Balaban J connectivity index is 2.29. The SMILES string of the molecule is CC[C@H](C(=O)c1ccccc1)c1ccc(C)cc1. The molecular formula is C17H18O. The van der Waals surface area contributed by atoms with Gasteiger partial charge < -0.3 is 0 Å². The van der Waals surface area contributed by atoms with Gasteiger partial charge in [-0.3, -0.25) is 4.79 Å². The number of rotatable bonds is 4. The van der Waals surface area contributed by atoms with Gasteiger partial charge in [0.15, 0.2) is 5.78 Å². The second-order valence-electron chi connectivity index (χ2n) is 4.60. The van der Waals surface area contributed by atoms with Crippen LogP contribution in [0.3, 0.4) is 0 Å². The predicted molar refractivity (Wildman–Crippen MR) is 75.0 cm³/mol. The first-order chi connectivity index (χ1) is 8.72. The normalized spacial score (nSPS) is 12.1. The van der Waals surface area contributed by atoms with E-state index in [-0.39, 0.29) is 11.7 Å². The second-order valence-corrected chi connectivity index (χ2v) is 4.60. The van der Waals surface area contributed by atoms with Gasteiger partial charge in [-0.15, -0.1) is 0 Å². The second kappa shape index (κ2) is 5.63. The smallest absolute Gasteiger partial charge is 0.170 e. The number of benzene rings is 2. The lowest BCUT2D eigenvalue weighted by atomic mass is 9.88. The van der Waals surface area contributed by atoms with Crippen LogP contribution in [-0.2, 0) is 0 Å². The molecule has 2 rings (SSSR count). The van der Waals surface area contributed by atoms with Gasteiger partial charge in [0.25, 0.3) is 0 Å². The molecule has 2 aromatic rings. The molecule has 0 fully saturated rings. The van der Waals surface area contributed by atoms with E-state index in [9.17, 15) is 4.79 Å². The van der Waals surface area contributed by atoms with E-state index < -0.39 is 0 Å². The molecule has 1 heteroatoms. The molecule has 0 aromatic heterocycles. The van der Waals surface area contributed by atoms with Gasteiger partial charge in [-0.1, -0.05) is 67.1 Å². The van der Waals surface area contributed by atoms with Gasteiger partial charge >= 0.3 is 0 Å².